The molecule has 2 aromatic rings. The van der Waals surface area contributed by atoms with Gasteiger partial charge in [-0.05, 0) is 22.8 Å². The molecule has 23 heavy (non-hydrogen) atoms. The molecule has 120 valence electrons. The molecule has 1 atom stereocenters. The fraction of sp³-hybridized carbons (Fsp3) is 0.333. The molecule has 0 spiro atoms. The van der Waals surface area contributed by atoms with Crippen LogP contribution < -0.4 is 5.32 Å². The topological polar surface area (TPSA) is 53.9 Å². The van der Waals surface area contributed by atoms with E-state index in [0.29, 0.717) is 12.5 Å². The van der Waals surface area contributed by atoms with E-state index in [4.69, 9.17) is 4.74 Å². The van der Waals surface area contributed by atoms with Crippen molar-refractivity contribution >= 4 is 22.8 Å². The number of alkyl carbamates (subject to hydrolysis) is 1. The Bertz CT molecular complexity index is 737. The lowest BCUT2D eigenvalue weighted by atomic mass is 9.98. The largest absolute Gasteiger partial charge is 0.453 e. The summed E-state index contributed by atoms with van der Waals surface area (Å²) in [6, 6.07) is 14.8. The van der Waals surface area contributed by atoms with Gasteiger partial charge in [0.1, 0.15) is 0 Å². The standard InChI is InChI=1S/C18H21N3O2/c1-3-11-21-16(12-19-17(21)20-18(22)23-2)15-10-6-8-13-7-4-5-9-14(13)15/h4-10,16H,3,11-12H2,1-2H3,(H,19,20,22). The summed E-state index contributed by atoms with van der Waals surface area (Å²) in [5.74, 6) is 0.594. The van der Waals surface area contributed by atoms with Gasteiger partial charge < -0.3 is 9.64 Å². The van der Waals surface area contributed by atoms with Crippen molar-refractivity contribution in [1.82, 2.24) is 10.2 Å². The summed E-state index contributed by atoms with van der Waals surface area (Å²) in [5.41, 5.74) is 1.24. The van der Waals surface area contributed by atoms with Crippen LogP contribution in [0.2, 0.25) is 0 Å². The zero-order valence-electron chi connectivity index (χ0n) is 13.5. The minimum Gasteiger partial charge on any atom is -0.453 e. The van der Waals surface area contributed by atoms with E-state index in [-0.39, 0.29) is 6.04 Å². The van der Waals surface area contributed by atoms with Crippen LogP contribution in [0.1, 0.15) is 24.9 Å². The molecule has 1 unspecified atom stereocenters. The maximum atomic E-state index is 11.5. The van der Waals surface area contributed by atoms with Crippen molar-refractivity contribution in [3.63, 3.8) is 0 Å². The molecule has 0 aromatic heterocycles. The van der Waals surface area contributed by atoms with E-state index in [1.807, 2.05) is 6.07 Å². The Morgan fingerprint density at radius 2 is 2.09 bits per heavy atom. The summed E-state index contributed by atoms with van der Waals surface area (Å²) in [5, 5.41) is 5.18. The predicted octanol–water partition coefficient (Wildman–Crippen LogP) is 3.32. The fourth-order valence-corrected chi connectivity index (χ4v) is 3.07. The van der Waals surface area contributed by atoms with Gasteiger partial charge in [0, 0.05) is 6.54 Å². The molecule has 1 amide bonds. The van der Waals surface area contributed by atoms with E-state index in [0.717, 1.165) is 13.0 Å². The first-order valence-electron chi connectivity index (χ1n) is 7.88. The summed E-state index contributed by atoms with van der Waals surface area (Å²) >= 11 is 0. The average Bonchev–Trinajstić information content (AvgIpc) is 2.97. The highest BCUT2D eigenvalue weighted by Crippen LogP contribution is 2.31. The molecule has 0 saturated heterocycles. The number of hydrogen-bond donors (Lipinski definition) is 1. The second-order valence-electron chi connectivity index (χ2n) is 5.56. The van der Waals surface area contributed by atoms with Crippen LogP contribution >= 0.6 is 0 Å². The molecular weight excluding hydrogens is 290 g/mol. The van der Waals surface area contributed by atoms with Crippen molar-refractivity contribution in [3.05, 3.63) is 48.0 Å². The molecule has 1 aliphatic rings. The Morgan fingerprint density at radius 3 is 2.87 bits per heavy atom. The highest BCUT2D eigenvalue weighted by molar-refractivity contribution is 5.95. The van der Waals surface area contributed by atoms with Crippen LogP contribution in [-0.4, -0.2) is 37.2 Å². The van der Waals surface area contributed by atoms with Crippen molar-refractivity contribution in [2.45, 2.75) is 19.4 Å². The van der Waals surface area contributed by atoms with Crippen molar-refractivity contribution in [1.29, 1.82) is 0 Å². The van der Waals surface area contributed by atoms with Gasteiger partial charge in [-0.15, -0.1) is 0 Å². The van der Waals surface area contributed by atoms with Gasteiger partial charge >= 0.3 is 6.09 Å². The number of ether oxygens (including phenoxy) is 1. The molecule has 2 aromatic carbocycles. The van der Waals surface area contributed by atoms with Gasteiger partial charge in [-0.2, -0.15) is 0 Å². The Labute approximate surface area is 136 Å². The van der Waals surface area contributed by atoms with Gasteiger partial charge in [0.05, 0.1) is 19.7 Å². The highest BCUT2D eigenvalue weighted by Gasteiger charge is 2.30. The van der Waals surface area contributed by atoms with E-state index in [1.54, 1.807) is 0 Å². The Morgan fingerprint density at radius 1 is 1.30 bits per heavy atom. The number of hydrogen-bond acceptors (Lipinski definition) is 4. The van der Waals surface area contributed by atoms with Crippen LogP contribution in [0.3, 0.4) is 0 Å². The number of carbonyl (C=O) groups is 1. The second-order valence-corrected chi connectivity index (χ2v) is 5.56. The van der Waals surface area contributed by atoms with E-state index in [1.165, 1.54) is 23.4 Å². The number of nitrogens with zero attached hydrogens (tertiary/aromatic N) is 2. The first kappa shape index (κ1) is 15.3. The summed E-state index contributed by atoms with van der Waals surface area (Å²) in [4.78, 5) is 18.2. The van der Waals surface area contributed by atoms with E-state index >= 15 is 0 Å². The number of rotatable bonds is 3. The van der Waals surface area contributed by atoms with Crippen LogP contribution in [-0.2, 0) is 4.74 Å². The van der Waals surface area contributed by atoms with Crippen molar-refractivity contribution < 1.29 is 9.53 Å². The van der Waals surface area contributed by atoms with Crippen molar-refractivity contribution in [2.24, 2.45) is 4.99 Å². The number of guanidine groups is 1. The van der Waals surface area contributed by atoms with Crippen molar-refractivity contribution in [2.75, 3.05) is 20.2 Å². The summed E-state index contributed by atoms with van der Waals surface area (Å²) < 4.78 is 4.69. The molecule has 1 aliphatic heterocycles. The van der Waals surface area contributed by atoms with E-state index < -0.39 is 6.09 Å². The molecule has 0 aliphatic carbocycles. The highest BCUT2D eigenvalue weighted by atomic mass is 16.5. The molecule has 1 N–H and O–H groups in total. The first-order chi connectivity index (χ1) is 11.2. The summed E-state index contributed by atoms with van der Waals surface area (Å²) in [7, 11) is 1.36. The van der Waals surface area contributed by atoms with E-state index in [2.05, 4.69) is 58.5 Å². The van der Waals surface area contributed by atoms with Crippen LogP contribution in [0.15, 0.2) is 47.5 Å². The molecule has 3 rings (SSSR count). The lowest BCUT2D eigenvalue weighted by Gasteiger charge is -2.28. The molecular formula is C18H21N3O2. The summed E-state index contributed by atoms with van der Waals surface area (Å²) in [6.07, 6.45) is 0.492. The summed E-state index contributed by atoms with van der Waals surface area (Å²) in [6.45, 7) is 3.58. The van der Waals surface area contributed by atoms with Crippen LogP contribution in [0.5, 0.6) is 0 Å². The van der Waals surface area contributed by atoms with Crippen LogP contribution in [0.4, 0.5) is 4.79 Å². The minimum atomic E-state index is -0.483. The van der Waals surface area contributed by atoms with Gasteiger partial charge in [-0.1, -0.05) is 49.4 Å². The first-order valence-corrected chi connectivity index (χ1v) is 7.88. The minimum absolute atomic E-state index is 0.133. The Balaban J connectivity index is 1.94. The third-order valence-corrected chi connectivity index (χ3v) is 4.11. The van der Waals surface area contributed by atoms with Gasteiger partial charge in [0.15, 0.2) is 0 Å². The van der Waals surface area contributed by atoms with Gasteiger partial charge in [-0.25, -0.2) is 4.79 Å². The molecule has 0 fully saturated rings. The van der Waals surface area contributed by atoms with Crippen molar-refractivity contribution in [3.8, 4) is 0 Å². The number of methoxy groups -OCH3 is 1. The molecule has 0 bridgehead atoms. The second kappa shape index (κ2) is 6.69. The van der Waals surface area contributed by atoms with Gasteiger partial charge in [-0.3, -0.25) is 10.3 Å². The Kier molecular flexibility index (Phi) is 4.46. The number of benzene rings is 2. The van der Waals surface area contributed by atoms with Gasteiger partial charge in [0.2, 0.25) is 5.96 Å². The van der Waals surface area contributed by atoms with Crippen LogP contribution in [0, 0.1) is 0 Å². The number of amides is 1. The molecule has 5 heteroatoms. The van der Waals surface area contributed by atoms with E-state index in [9.17, 15) is 4.79 Å². The maximum absolute atomic E-state index is 11.5. The zero-order valence-corrected chi connectivity index (χ0v) is 13.5. The zero-order chi connectivity index (χ0) is 16.2. The molecule has 0 radical (unpaired) electrons. The normalized spacial score (nSPS) is 17.2. The average molecular weight is 311 g/mol. The number of fused-ring (bicyclic) bond motifs is 1. The smallest absolute Gasteiger partial charge is 0.413 e. The maximum Gasteiger partial charge on any atom is 0.413 e. The molecule has 5 nitrogen and oxygen atoms in total. The number of carbonyl (C=O) groups excluding carboxylic acids is 1. The fourth-order valence-electron chi connectivity index (χ4n) is 3.07. The van der Waals surface area contributed by atoms with Gasteiger partial charge in [0.25, 0.3) is 0 Å². The predicted molar refractivity (Wildman–Crippen MR) is 91.5 cm³/mol. The molecule has 0 saturated carbocycles. The third kappa shape index (κ3) is 2.99. The Hall–Kier alpha value is -2.56. The lowest BCUT2D eigenvalue weighted by Crippen LogP contribution is -2.43. The number of nitrogens with one attached hydrogen (secondary N) is 1. The number of aliphatic imine (C=N–C) groups is 1. The van der Waals surface area contributed by atoms with Crippen LogP contribution in [0.25, 0.3) is 10.8 Å². The molecule has 1 heterocycles. The SMILES string of the molecule is CCCN1C(NC(=O)OC)=NCC1c1cccc2ccccc12. The monoisotopic (exact) mass is 311 g/mol. The lowest BCUT2D eigenvalue weighted by molar-refractivity contribution is 0.175. The third-order valence-electron chi connectivity index (χ3n) is 4.11. The quantitative estimate of drug-likeness (QED) is 0.946.